The highest BCUT2D eigenvalue weighted by atomic mass is 16.4. The monoisotopic (exact) mass is 405 g/mol. The van der Waals surface area contributed by atoms with Gasteiger partial charge in [0.15, 0.2) is 5.82 Å². The third-order valence-corrected chi connectivity index (χ3v) is 5.06. The minimum atomic E-state index is -0.912. The number of carboxylic acid groups (broad SMARTS) is 1. The Hall–Kier alpha value is -2.95. The van der Waals surface area contributed by atoms with Gasteiger partial charge < -0.3 is 5.11 Å². The van der Waals surface area contributed by atoms with Crippen molar-refractivity contribution in [1.82, 2.24) is 14.8 Å². The first kappa shape index (κ1) is 21.8. The summed E-state index contributed by atoms with van der Waals surface area (Å²) in [4.78, 5) is 16.3. The van der Waals surface area contributed by atoms with Crippen LogP contribution in [0.5, 0.6) is 0 Å². The summed E-state index contributed by atoms with van der Waals surface area (Å²) in [6.45, 7) is 9.67. The van der Waals surface area contributed by atoms with Crippen LogP contribution in [0.25, 0.3) is 11.1 Å². The highest BCUT2D eigenvalue weighted by Crippen LogP contribution is 2.25. The SMILES string of the molecule is CC(C)CCc1nc(Cc2ccc(-c3ccccc3C(=O)O)cc2)n(CC(C)C)n1. The van der Waals surface area contributed by atoms with E-state index in [9.17, 15) is 9.90 Å². The molecule has 0 aliphatic heterocycles. The molecule has 2 aromatic carbocycles. The number of benzene rings is 2. The normalized spacial score (nSPS) is 11.4. The lowest BCUT2D eigenvalue weighted by Crippen LogP contribution is -2.11. The van der Waals surface area contributed by atoms with Gasteiger partial charge in [-0.2, -0.15) is 5.10 Å². The molecule has 0 saturated heterocycles. The Kier molecular flexibility index (Phi) is 7.03. The molecular weight excluding hydrogens is 374 g/mol. The molecule has 1 aromatic heterocycles. The van der Waals surface area contributed by atoms with E-state index in [4.69, 9.17) is 10.1 Å². The molecule has 1 N–H and O–H groups in total. The predicted molar refractivity (Wildman–Crippen MR) is 120 cm³/mol. The Labute approximate surface area is 178 Å². The Balaban J connectivity index is 1.82. The lowest BCUT2D eigenvalue weighted by molar-refractivity contribution is 0.0697. The highest BCUT2D eigenvalue weighted by molar-refractivity contribution is 5.95. The van der Waals surface area contributed by atoms with Crippen LogP contribution in [0.1, 0.15) is 61.7 Å². The molecule has 5 nitrogen and oxygen atoms in total. The van der Waals surface area contributed by atoms with Crippen LogP contribution < -0.4 is 0 Å². The van der Waals surface area contributed by atoms with Gasteiger partial charge in [-0.1, -0.05) is 70.2 Å². The lowest BCUT2D eigenvalue weighted by Gasteiger charge is -2.10. The molecule has 0 spiro atoms. The maximum absolute atomic E-state index is 11.5. The van der Waals surface area contributed by atoms with E-state index in [1.807, 2.05) is 28.9 Å². The largest absolute Gasteiger partial charge is 0.478 e. The number of carboxylic acids is 1. The van der Waals surface area contributed by atoms with Gasteiger partial charge in [-0.3, -0.25) is 0 Å². The molecule has 0 amide bonds. The van der Waals surface area contributed by atoms with Crippen LogP contribution in [0.4, 0.5) is 0 Å². The van der Waals surface area contributed by atoms with Gasteiger partial charge in [-0.05, 0) is 41.0 Å². The van der Waals surface area contributed by atoms with E-state index in [1.54, 1.807) is 12.1 Å². The summed E-state index contributed by atoms with van der Waals surface area (Å²) in [6, 6.07) is 15.2. The minimum Gasteiger partial charge on any atom is -0.478 e. The first-order chi connectivity index (χ1) is 14.3. The van der Waals surface area contributed by atoms with Crippen molar-refractivity contribution in [3.05, 3.63) is 71.3 Å². The smallest absolute Gasteiger partial charge is 0.336 e. The van der Waals surface area contributed by atoms with Gasteiger partial charge in [-0.15, -0.1) is 0 Å². The van der Waals surface area contributed by atoms with Gasteiger partial charge >= 0.3 is 5.97 Å². The Morgan fingerprint density at radius 3 is 2.33 bits per heavy atom. The van der Waals surface area contributed by atoms with E-state index in [1.165, 1.54) is 0 Å². The van der Waals surface area contributed by atoms with Gasteiger partial charge in [-0.25, -0.2) is 14.5 Å². The van der Waals surface area contributed by atoms with Crippen molar-refractivity contribution >= 4 is 5.97 Å². The molecule has 0 bridgehead atoms. The molecule has 0 aliphatic carbocycles. The van der Waals surface area contributed by atoms with Gasteiger partial charge in [0.1, 0.15) is 5.82 Å². The molecule has 5 heteroatoms. The van der Waals surface area contributed by atoms with E-state index >= 15 is 0 Å². The van der Waals surface area contributed by atoms with Crippen LogP contribution in [-0.4, -0.2) is 25.8 Å². The molecule has 1 heterocycles. The van der Waals surface area contributed by atoms with Crippen LogP contribution in [-0.2, 0) is 19.4 Å². The fraction of sp³-hybridized carbons (Fsp3) is 0.400. The Morgan fingerprint density at radius 1 is 1.00 bits per heavy atom. The molecule has 30 heavy (non-hydrogen) atoms. The molecule has 3 rings (SSSR count). The molecule has 3 aromatic rings. The van der Waals surface area contributed by atoms with Crippen molar-refractivity contribution in [3.8, 4) is 11.1 Å². The van der Waals surface area contributed by atoms with Crippen LogP contribution in [0, 0.1) is 11.8 Å². The maximum atomic E-state index is 11.5. The van der Waals surface area contributed by atoms with Crippen molar-refractivity contribution < 1.29 is 9.90 Å². The summed E-state index contributed by atoms with van der Waals surface area (Å²) in [6.07, 6.45) is 2.70. The van der Waals surface area contributed by atoms with E-state index in [2.05, 4.69) is 39.8 Å². The molecule has 0 saturated carbocycles. The molecule has 0 aliphatic rings. The average molecular weight is 406 g/mol. The highest BCUT2D eigenvalue weighted by Gasteiger charge is 2.14. The number of aromatic carboxylic acids is 1. The lowest BCUT2D eigenvalue weighted by atomic mass is 9.98. The van der Waals surface area contributed by atoms with E-state index in [0.29, 0.717) is 23.8 Å². The van der Waals surface area contributed by atoms with Crippen molar-refractivity contribution in [2.45, 2.75) is 53.5 Å². The van der Waals surface area contributed by atoms with Gasteiger partial charge in [0.25, 0.3) is 0 Å². The summed E-state index contributed by atoms with van der Waals surface area (Å²) in [7, 11) is 0. The zero-order chi connectivity index (χ0) is 21.7. The molecule has 0 atom stereocenters. The third kappa shape index (κ3) is 5.56. The number of carbonyl (C=O) groups is 1. The number of hydrogen-bond donors (Lipinski definition) is 1. The second-order valence-electron chi connectivity index (χ2n) is 8.68. The van der Waals surface area contributed by atoms with Gasteiger partial charge in [0.05, 0.1) is 5.56 Å². The maximum Gasteiger partial charge on any atom is 0.336 e. The number of rotatable bonds is 9. The standard InChI is InChI=1S/C25H31N3O2/c1-17(2)9-14-23-26-24(28(27-23)16-18(3)4)15-19-10-12-20(13-11-19)21-7-5-6-8-22(21)25(29)30/h5-8,10-13,17-18H,9,14-16H2,1-4H3,(H,29,30). The summed E-state index contributed by atoms with van der Waals surface area (Å²) in [5.74, 6) is 2.13. The third-order valence-electron chi connectivity index (χ3n) is 5.06. The first-order valence-electron chi connectivity index (χ1n) is 10.7. The van der Waals surface area contributed by atoms with Gasteiger partial charge in [0.2, 0.25) is 0 Å². The number of hydrogen-bond acceptors (Lipinski definition) is 3. The number of aromatic nitrogens is 3. The van der Waals surface area contributed by atoms with Crippen LogP contribution in [0.15, 0.2) is 48.5 Å². The van der Waals surface area contributed by atoms with E-state index in [-0.39, 0.29) is 0 Å². The van der Waals surface area contributed by atoms with Crippen LogP contribution in [0.3, 0.4) is 0 Å². The fourth-order valence-corrected chi connectivity index (χ4v) is 3.48. The van der Waals surface area contributed by atoms with Gasteiger partial charge in [0, 0.05) is 19.4 Å². The van der Waals surface area contributed by atoms with Crippen molar-refractivity contribution in [2.24, 2.45) is 11.8 Å². The zero-order valence-corrected chi connectivity index (χ0v) is 18.3. The summed E-state index contributed by atoms with van der Waals surface area (Å²) < 4.78 is 2.05. The van der Waals surface area contributed by atoms with Crippen molar-refractivity contribution in [2.75, 3.05) is 0 Å². The fourth-order valence-electron chi connectivity index (χ4n) is 3.48. The number of nitrogens with zero attached hydrogens (tertiary/aromatic N) is 3. The first-order valence-corrected chi connectivity index (χ1v) is 10.7. The minimum absolute atomic E-state index is 0.316. The summed E-state index contributed by atoms with van der Waals surface area (Å²) in [5.41, 5.74) is 3.09. The summed E-state index contributed by atoms with van der Waals surface area (Å²) >= 11 is 0. The van der Waals surface area contributed by atoms with Crippen molar-refractivity contribution in [3.63, 3.8) is 0 Å². The average Bonchev–Trinajstić information content (AvgIpc) is 3.07. The molecule has 0 unspecified atom stereocenters. The predicted octanol–water partition coefficient (Wildman–Crippen LogP) is 5.48. The molecule has 0 radical (unpaired) electrons. The second-order valence-corrected chi connectivity index (χ2v) is 8.68. The Morgan fingerprint density at radius 2 is 1.70 bits per heavy atom. The van der Waals surface area contributed by atoms with Crippen molar-refractivity contribution in [1.29, 1.82) is 0 Å². The van der Waals surface area contributed by atoms with Crippen LogP contribution in [0.2, 0.25) is 0 Å². The van der Waals surface area contributed by atoms with E-state index in [0.717, 1.165) is 47.7 Å². The summed E-state index contributed by atoms with van der Waals surface area (Å²) in [5, 5.41) is 14.2. The van der Waals surface area contributed by atoms with E-state index < -0.39 is 5.97 Å². The zero-order valence-electron chi connectivity index (χ0n) is 18.3. The van der Waals surface area contributed by atoms with Crippen LogP contribution >= 0.6 is 0 Å². The quantitative estimate of drug-likeness (QED) is 0.512. The Bertz CT molecular complexity index is 988. The molecule has 0 fully saturated rings. The number of aryl methyl sites for hydroxylation is 1. The molecular formula is C25H31N3O2. The second kappa shape index (κ2) is 9.70. The topological polar surface area (TPSA) is 68.0 Å². The molecule has 158 valence electrons.